The molecular weight excluding hydrogens is 318 g/mol. The molecule has 5 nitrogen and oxygen atoms in total. The summed E-state index contributed by atoms with van der Waals surface area (Å²) in [7, 11) is 3.32. The molecule has 2 aromatic rings. The number of para-hydroxylation sites is 1. The van der Waals surface area contributed by atoms with Gasteiger partial charge in [0, 0.05) is 12.0 Å². The van der Waals surface area contributed by atoms with Gasteiger partial charge < -0.3 is 24.2 Å². The van der Waals surface area contributed by atoms with Gasteiger partial charge in [0.05, 0.1) is 20.8 Å². The smallest absolute Gasteiger partial charge is 0.161 e. The maximum absolute atomic E-state index is 10.3. The minimum Gasteiger partial charge on any atom is -0.493 e. The highest BCUT2D eigenvalue weighted by Gasteiger charge is 2.24. The third-order valence-corrected chi connectivity index (χ3v) is 4.60. The lowest BCUT2D eigenvalue weighted by Crippen LogP contribution is -3.13. The molecule has 134 valence electrons. The van der Waals surface area contributed by atoms with E-state index in [9.17, 15) is 5.11 Å². The van der Waals surface area contributed by atoms with Crippen molar-refractivity contribution in [1.29, 1.82) is 0 Å². The van der Waals surface area contributed by atoms with Gasteiger partial charge in [-0.2, -0.15) is 0 Å². The molecule has 1 unspecified atom stereocenters. The summed E-state index contributed by atoms with van der Waals surface area (Å²) in [5.74, 6) is 2.33. The van der Waals surface area contributed by atoms with E-state index in [1.165, 1.54) is 16.0 Å². The molecule has 3 rings (SSSR count). The highest BCUT2D eigenvalue weighted by Crippen LogP contribution is 2.31. The van der Waals surface area contributed by atoms with E-state index in [2.05, 4.69) is 12.1 Å². The van der Waals surface area contributed by atoms with Crippen LogP contribution in [-0.2, 0) is 13.0 Å². The predicted octanol–water partition coefficient (Wildman–Crippen LogP) is 1.08. The van der Waals surface area contributed by atoms with Crippen LogP contribution in [0.15, 0.2) is 42.5 Å². The van der Waals surface area contributed by atoms with E-state index in [0.717, 1.165) is 36.8 Å². The molecule has 0 radical (unpaired) electrons. The number of quaternary nitrogens is 1. The molecule has 0 fully saturated rings. The van der Waals surface area contributed by atoms with Crippen molar-refractivity contribution in [2.45, 2.75) is 19.1 Å². The van der Waals surface area contributed by atoms with Crippen molar-refractivity contribution in [2.75, 3.05) is 33.9 Å². The first kappa shape index (κ1) is 17.6. The Kier molecular flexibility index (Phi) is 5.79. The number of methoxy groups -OCH3 is 2. The zero-order valence-corrected chi connectivity index (χ0v) is 14.8. The van der Waals surface area contributed by atoms with E-state index in [0.29, 0.717) is 13.2 Å². The number of aliphatic hydroxyl groups is 1. The zero-order valence-electron chi connectivity index (χ0n) is 14.8. The van der Waals surface area contributed by atoms with Gasteiger partial charge in [0.15, 0.2) is 11.5 Å². The number of hydrogen-bond acceptors (Lipinski definition) is 4. The summed E-state index contributed by atoms with van der Waals surface area (Å²) in [6.07, 6.45) is 0.481. The summed E-state index contributed by atoms with van der Waals surface area (Å²) in [5.41, 5.74) is 2.56. The number of nitrogens with one attached hydrogen (secondary N) is 1. The summed E-state index contributed by atoms with van der Waals surface area (Å²) >= 11 is 0. The SMILES string of the molecule is COc1cc2c(cc1OC)C[NH+](C[C@H](O)COc1ccccc1)CC2. The van der Waals surface area contributed by atoms with E-state index >= 15 is 0 Å². The molecule has 0 bridgehead atoms. The molecule has 2 N–H and O–H groups in total. The molecule has 1 aliphatic rings. The van der Waals surface area contributed by atoms with E-state index in [1.54, 1.807) is 14.2 Å². The van der Waals surface area contributed by atoms with Crippen LogP contribution in [0.5, 0.6) is 17.2 Å². The quantitative estimate of drug-likeness (QED) is 0.789. The van der Waals surface area contributed by atoms with Gasteiger partial charge in [-0.1, -0.05) is 18.2 Å². The fourth-order valence-corrected chi connectivity index (χ4v) is 3.31. The van der Waals surface area contributed by atoms with Crippen LogP contribution < -0.4 is 19.1 Å². The minimum atomic E-state index is -0.489. The summed E-state index contributed by atoms with van der Waals surface area (Å²) in [5, 5.41) is 10.3. The van der Waals surface area contributed by atoms with Crippen molar-refractivity contribution in [2.24, 2.45) is 0 Å². The van der Waals surface area contributed by atoms with Crippen molar-refractivity contribution in [3.63, 3.8) is 0 Å². The molecule has 1 aliphatic heterocycles. The third-order valence-electron chi connectivity index (χ3n) is 4.60. The molecule has 2 aromatic carbocycles. The van der Waals surface area contributed by atoms with Crippen molar-refractivity contribution in [3.05, 3.63) is 53.6 Å². The Bertz CT molecular complexity index is 690. The number of fused-ring (bicyclic) bond motifs is 1. The third kappa shape index (κ3) is 4.44. The average molecular weight is 344 g/mol. The van der Waals surface area contributed by atoms with Crippen LogP contribution in [0.1, 0.15) is 11.1 Å². The van der Waals surface area contributed by atoms with Gasteiger partial charge in [-0.25, -0.2) is 0 Å². The van der Waals surface area contributed by atoms with Crippen LogP contribution in [0.2, 0.25) is 0 Å². The highest BCUT2D eigenvalue weighted by molar-refractivity contribution is 5.47. The monoisotopic (exact) mass is 344 g/mol. The van der Waals surface area contributed by atoms with Gasteiger partial charge in [-0.15, -0.1) is 0 Å². The Hall–Kier alpha value is -2.24. The summed E-state index contributed by atoms with van der Waals surface area (Å²) in [6.45, 7) is 2.84. The number of benzene rings is 2. The number of hydrogen-bond donors (Lipinski definition) is 2. The van der Waals surface area contributed by atoms with Gasteiger partial charge in [0.2, 0.25) is 0 Å². The molecule has 0 saturated heterocycles. The lowest BCUT2D eigenvalue weighted by atomic mass is 9.98. The van der Waals surface area contributed by atoms with Gasteiger partial charge in [-0.05, 0) is 29.8 Å². The number of aliphatic hydroxyl groups excluding tert-OH is 1. The second-order valence-electron chi connectivity index (χ2n) is 6.38. The summed E-state index contributed by atoms with van der Waals surface area (Å²) in [6, 6.07) is 13.7. The summed E-state index contributed by atoms with van der Waals surface area (Å²) in [4.78, 5) is 1.35. The van der Waals surface area contributed by atoms with E-state index in [1.807, 2.05) is 30.3 Å². The van der Waals surface area contributed by atoms with Gasteiger partial charge in [-0.3, -0.25) is 0 Å². The molecule has 0 spiro atoms. The molecule has 0 aromatic heterocycles. The average Bonchev–Trinajstić information content (AvgIpc) is 2.66. The Labute approximate surface area is 148 Å². The maximum atomic E-state index is 10.3. The van der Waals surface area contributed by atoms with Crippen molar-refractivity contribution in [1.82, 2.24) is 0 Å². The van der Waals surface area contributed by atoms with E-state index < -0.39 is 6.10 Å². The molecule has 5 heteroatoms. The topological polar surface area (TPSA) is 52.4 Å². The lowest BCUT2D eigenvalue weighted by molar-refractivity contribution is -0.918. The first-order chi connectivity index (χ1) is 12.2. The summed E-state index contributed by atoms with van der Waals surface area (Å²) < 4.78 is 16.4. The number of ether oxygens (including phenoxy) is 3. The molecule has 0 aliphatic carbocycles. The van der Waals surface area contributed by atoms with Crippen LogP contribution in [0.25, 0.3) is 0 Å². The van der Waals surface area contributed by atoms with E-state index in [4.69, 9.17) is 14.2 Å². The predicted molar refractivity (Wildman–Crippen MR) is 95.6 cm³/mol. The zero-order chi connectivity index (χ0) is 17.6. The molecule has 25 heavy (non-hydrogen) atoms. The van der Waals surface area contributed by atoms with Crippen LogP contribution >= 0.6 is 0 Å². The Morgan fingerprint density at radius 2 is 1.72 bits per heavy atom. The second-order valence-corrected chi connectivity index (χ2v) is 6.38. The molecular formula is C20H26NO4+. The van der Waals surface area contributed by atoms with Crippen LogP contribution in [-0.4, -0.2) is 45.1 Å². The normalized spacial score (nSPS) is 17.5. The first-order valence-electron chi connectivity index (χ1n) is 8.63. The Morgan fingerprint density at radius 1 is 1.04 bits per heavy atom. The largest absolute Gasteiger partial charge is 0.493 e. The Balaban J connectivity index is 1.57. The molecule has 0 saturated carbocycles. The lowest BCUT2D eigenvalue weighted by Gasteiger charge is -2.28. The molecule has 0 amide bonds. The van der Waals surface area contributed by atoms with Crippen LogP contribution in [0.3, 0.4) is 0 Å². The van der Waals surface area contributed by atoms with Gasteiger partial charge in [0.1, 0.15) is 31.5 Å². The fraction of sp³-hybridized carbons (Fsp3) is 0.400. The van der Waals surface area contributed by atoms with Crippen LogP contribution in [0.4, 0.5) is 0 Å². The van der Waals surface area contributed by atoms with Crippen molar-refractivity contribution in [3.8, 4) is 17.2 Å². The minimum absolute atomic E-state index is 0.312. The van der Waals surface area contributed by atoms with Crippen molar-refractivity contribution < 1.29 is 24.2 Å². The highest BCUT2D eigenvalue weighted by atomic mass is 16.5. The molecule has 1 heterocycles. The Morgan fingerprint density at radius 3 is 2.40 bits per heavy atom. The maximum Gasteiger partial charge on any atom is 0.161 e. The standard InChI is InChI=1S/C20H25NO4/c1-23-19-10-15-8-9-21(12-16(15)11-20(19)24-2)13-17(22)14-25-18-6-4-3-5-7-18/h3-7,10-11,17,22H,8-9,12-14H2,1-2H3/p+1/t17-/m0/s1. The fourth-order valence-electron chi connectivity index (χ4n) is 3.31. The van der Waals surface area contributed by atoms with Crippen LogP contribution in [0, 0.1) is 0 Å². The number of rotatable bonds is 7. The second kappa shape index (κ2) is 8.23. The van der Waals surface area contributed by atoms with Gasteiger partial charge >= 0.3 is 0 Å². The molecule has 2 atom stereocenters. The van der Waals surface area contributed by atoms with E-state index in [-0.39, 0.29) is 0 Å². The van der Waals surface area contributed by atoms with Gasteiger partial charge in [0.25, 0.3) is 0 Å². The van der Waals surface area contributed by atoms with Crippen molar-refractivity contribution >= 4 is 0 Å². The first-order valence-corrected chi connectivity index (χ1v) is 8.63.